The Morgan fingerprint density at radius 1 is 1.73 bits per heavy atom. The summed E-state index contributed by atoms with van der Waals surface area (Å²) < 4.78 is 4.76. The molecular formula is C6H11N3O2. The molecule has 3 N–H and O–H groups in total. The molecule has 1 heterocycles. The van der Waals surface area contributed by atoms with Crippen molar-refractivity contribution in [1.29, 1.82) is 0 Å². The summed E-state index contributed by atoms with van der Waals surface area (Å²) in [7, 11) is 0. The van der Waals surface area contributed by atoms with Gasteiger partial charge in [-0.3, -0.25) is 0 Å². The van der Waals surface area contributed by atoms with Crippen LogP contribution in [0.4, 0.5) is 0 Å². The molecule has 5 heteroatoms. The standard InChI is InChI=1S/C6H11N3O2/c1-2-5-8-6(11-9-5)4(7)3-10/h4,10H,2-3,7H2,1H3. The van der Waals surface area contributed by atoms with Crippen molar-refractivity contribution >= 4 is 0 Å². The van der Waals surface area contributed by atoms with E-state index in [0.717, 1.165) is 0 Å². The van der Waals surface area contributed by atoms with Crippen LogP contribution in [0.3, 0.4) is 0 Å². The van der Waals surface area contributed by atoms with Gasteiger partial charge < -0.3 is 15.4 Å². The molecule has 5 nitrogen and oxygen atoms in total. The lowest BCUT2D eigenvalue weighted by Crippen LogP contribution is -2.14. The Kier molecular flexibility index (Phi) is 2.56. The maximum Gasteiger partial charge on any atom is 0.245 e. The van der Waals surface area contributed by atoms with Crippen LogP contribution in [-0.2, 0) is 6.42 Å². The van der Waals surface area contributed by atoms with E-state index in [1.807, 2.05) is 6.92 Å². The molecule has 62 valence electrons. The molecule has 0 aromatic carbocycles. The summed E-state index contributed by atoms with van der Waals surface area (Å²) in [4.78, 5) is 3.94. The second-order valence-electron chi connectivity index (χ2n) is 2.19. The number of hydrogen-bond acceptors (Lipinski definition) is 5. The zero-order chi connectivity index (χ0) is 8.27. The predicted molar refractivity (Wildman–Crippen MR) is 37.7 cm³/mol. The van der Waals surface area contributed by atoms with Gasteiger partial charge in [-0.05, 0) is 0 Å². The second-order valence-corrected chi connectivity index (χ2v) is 2.19. The quantitative estimate of drug-likeness (QED) is 0.625. The summed E-state index contributed by atoms with van der Waals surface area (Å²) in [6.07, 6.45) is 0.710. The smallest absolute Gasteiger partial charge is 0.245 e. The first kappa shape index (κ1) is 8.16. The number of aliphatic hydroxyl groups excluding tert-OH is 1. The summed E-state index contributed by atoms with van der Waals surface area (Å²) in [6.45, 7) is 1.74. The SMILES string of the molecule is CCc1noc(C(N)CO)n1. The summed E-state index contributed by atoms with van der Waals surface area (Å²) in [5.41, 5.74) is 5.42. The van der Waals surface area contributed by atoms with Gasteiger partial charge in [0.25, 0.3) is 0 Å². The van der Waals surface area contributed by atoms with Crippen molar-refractivity contribution in [3.05, 3.63) is 11.7 Å². The van der Waals surface area contributed by atoms with Gasteiger partial charge in [-0.25, -0.2) is 0 Å². The average molecular weight is 157 g/mol. The molecule has 0 fully saturated rings. The fourth-order valence-corrected chi connectivity index (χ4v) is 0.640. The minimum Gasteiger partial charge on any atom is -0.394 e. The third-order valence-electron chi connectivity index (χ3n) is 1.31. The van der Waals surface area contributed by atoms with E-state index in [1.165, 1.54) is 0 Å². The van der Waals surface area contributed by atoms with Gasteiger partial charge >= 0.3 is 0 Å². The van der Waals surface area contributed by atoms with Crippen LogP contribution in [0.2, 0.25) is 0 Å². The fourth-order valence-electron chi connectivity index (χ4n) is 0.640. The van der Waals surface area contributed by atoms with Crippen molar-refractivity contribution in [3.63, 3.8) is 0 Å². The molecule has 11 heavy (non-hydrogen) atoms. The number of rotatable bonds is 3. The molecule has 0 amide bonds. The maximum atomic E-state index is 8.62. The molecule has 0 saturated heterocycles. The first-order valence-corrected chi connectivity index (χ1v) is 3.46. The molecule has 1 aromatic heterocycles. The normalized spacial score (nSPS) is 13.4. The van der Waals surface area contributed by atoms with E-state index in [0.29, 0.717) is 18.1 Å². The van der Waals surface area contributed by atoms with Gasteiger partial charge in [0.05, 0.1) is 6.61 Å². The fraction of sp³-hybridized carbons (Fsp3) is 0.667. The van der Waals surface area contributed by atoms with Gasteiger partial charge in [0.2, 0.25) is 5.89 Å². The van der Waals surface area contributed by atoms with Crippen molar-refractivity contribution in [2.45, 2.75) is 19.4 Å². The second kappa shape index (κ2) is 3.45. The highest BCUT2D eigenvalue weighted by atomic mass is 16.5. The molecule has 1 aromatic rings. The van der Waals surface area contributed by atoms with Crippen molar-refractivity contribution < 1.29 is 9.63 Å². The minimum atomic E-state index is -0.553. The van der Waals surface area contributed by atoms with Gasteiger partial charge in [-0.1, -0.05) is 12.1 Å². The third-order valence-corrected chi connectivity index (χ3v) is 1.31. The zero-order valence-corrected chi connectivity index (χ0v) is 6.32. The lowest BCUT2D eigenvalue weighted by atomic mass is 10.3. The van der Waals surface area contributed by atoms with E-state index in [-0.39, 0.29) is 6.61 Å². The number of aryl methyl sites for hydroxylation is 1. The van der Waals surface area contributed by atoms with Crippen LogP contribution in [0.25, 0.3) is 0 Å². The van der Waals surface area contributed by atoms with Crippen LogP contribution in [0.5, 0.6) is 0 Å². The lowest BCUT2D eigenvalue weighted by molar-refractivity contribution is 0.236. The molecule has 0 bridgehead atoms. The van der Waals surface area contributed by atoms with Gasteiger partial charge in [0.15, 0.2) is 5.82 Å². The zero-order valence-electron chi connectivity index (χ0n) is 6.32. The maximum absolute atomic E-state index is 8.62. The molecule has 0 saturated carbocycles. The first-order valence-electron chi connectivity index (χ1n) is 3.46. The molecule has 0 aliphatic carbocycles. The van der Waals surface area contributed by atoms with E-state index >= 15 is 0 Å². The van der Waals surface area contributed by atoms with Crippen LogP contribution in [0.1, 0.15) is 24.7 Å². The summed E-state index contributed by atoms with van der Waals surface area (Å²) in [5, 5.41) is 12.2. The Balaban J connectivity index is 2.71. The van der Waals surface area contributed by atoms with Gasteiger partial charge in [-0.15, -0.1) is 0 Å². The van der Waals surface area contributed by atoms with Crippen molar-refractivity contribution in [1.82, 2.24) is 10.1 Å². The predicted octanol–water partition coefficient (Wildman–Crippen LogP) is -0.376. The molecule has 1 rings (SSSR count). The van der Waals surface area contributed by atoms with Gasteiger partial charge in [0, 0.05) is 6.42 Å². The number of aliphatic hydroxyl groups is 1. The number of aromatic nitrogens is 2. The largest absolute Gasteiger partial charge is 0.394 e. The van der Waals surface area contributed by atoms with E-state index in [4.69, 9.17) is 15.4 Å². The van der Waals surface area contributed by atoms with Crippen LogP contribution in [0.15, 0.2) is 4.52 Å². The highest BCUT2D eigenvalue weighted by Crippen LogP contribution is 2.05. The molecule has 0 aliphatic heterocycles. The van der Waals surface area contributed by atoms with Gasteiger partial charge in [-0.2, -0.15) is 4.98 Å². The van der Waals surface area contributed by atoms with E-state index in [1.54, 1.807) is 0 Å². The molecule has 0 spiro atoms. The average Bonchev–Trinajstić information content (AvgIpc) is 2.50. The van der Waals surface area contributed by atoms with E-state index in [9.17, 15) is 0 Å². The Labute approximate surface area is 64.2 Å². The third kappa shape index (κ3) is 1.75. The van der Waals surface area contributed by atoms with Crippen LogP contribution in [-0.4, -0.2) is 21.9 Å². The van der Waals surface area contributed by atoms with Crippen LogP contribution in [0, 0.1) is 0 Å². The first-order chi connectivity index (χ1) is 5.27. The summed E-state index contributed by atoms with van der Waals surface area (Å²) in [5.74, 6) is 0.910. The minimum absolute atomic E-state index is 0.175. The number of nitrogens with zero attached hydrogens (tertiary/aromatic N) is 2. The van der Waals surface area contributed by atoms with Crippen molar-refractivity contribution in [3.8, 4) is 0 Å². The topological polar surface area (TPSA) is 85.2 Å². The Bertz CT molecular complexity index is 223. The number of hydrogen-bond donors (Lipinski definition) is 2. The van der Waals surface area contributed by atoms with Crippen LogP contribution < -0.4 is 5.73 Å². The number of nitrogens with two attached hydrogens (primary N) is 1. The molecular weight excluding hydrogens is 146 g/mol. The highest BCUT2D eigenvalue weighted by Gasteiger charge is 2.11. The Hall–Kier alpha value is -0.940. The summed E-state index contributed by atoms with van der Waals surface area (Å²) in [6, 6.07) is -0.553. The van der Waals surface area contributed by atoms with Gasteiger partial charge in [0.1, 0.15) is 6.04 Å². The highest BCUT2D eigenvalue weighted by molar-refractivity contribution is 4.90. The van der Waals surface area contributed by atoms with E-state index in [2.05, 4.69) is 10.1 Å². The lowest BCUT2D eigenvalue weighted by Gasteiger charge is -1.98. The van der Waals surface area contributed by atoms with Crippen LogP contribution >= 0.6 is 0 Å². The van der Waals surface area contributed by atoms with Crippen molar-refractivity contribution in [2.24, 2.45) is 5.73 Å². The monoisotopic (exact) mass is 157 g/mol. The molecule has 1 atom stereocenters. The Morgan fingerprint density at radius 3 is 2.91 bits per heavy atom. The molecule has 0 radical (unpaired) electrons. The molecule has 1 unspecified atom stereocenters. The van der Waals surface area contributed by atoms with Crippen molar-refractivity contribution in [2.75, 3.05) is 6.61 Å². The molecule has 0 aliphatic rings. The van der Waals surface area contributed by atoms with E-state index < -0.39 is 6.04 Å². The summed E-state index contributed by atoms with van der Waals surface area (Å²) >= 11 is 0. The Morgan fingerprint density at radius 2 is 2.45 bits per heavy atom.